The second kappa shape index (κ2) is 6.12. The third-order valence-electron chi connectivity index (χ3n) is 4.12. The van der Waals surface area contributed by atoms with E-state index in [0.29, 0.717) is 18.7 Å². The van der Waals surface area contributed by atoms with Crippen molar-refractivity contribution in [1.29, 1.82) is 0 Å². The van der Waals surface area contributed by atoms with Gasteiger partial charge in [0.25, 0.3) is 0 Å². The average molecular weight is 311 g/mol. The summed E-state index contributed by atoms with van der Waals surface area (Å²) in [7, 11) is 1.46. The Morgan fingerprint density at radius 2 is 1.87 bits per heavy atom. The van der Waals surface area contributed by atoms with Crippen LogP contribution in [-0.4, -0.2) is 30.6 Å². The summed E-state index contributed by atoms with van der Waals surface area (Å²) in [6, 6.07) is 13.0. The lowest BCUT2D eigenvalue weighted by Gasteiger charge is -2.11. The van der Waals surface area contributed by atoms with Gasteiger partial charge in [-0.15, -0.1) is 0 Å². The summed E-state index contributed by atoms with van der Waals surface area (Å²) in [4.78, 5) is 22.4. The van der Waals surface area contributed by atoms with Crippen LogP contribution in [0, 0.1) is 0 Å². The molecule has 1 amide bonds. The molecule has 0 bridgehead atoms. The first-order valence-corrected chi connectivity index (χ1v) is 7.37. The molecule has 3 rings (SSSR count). The van der Waals surface area contributed by atoms with E-state index in [-0.39, 0.29) is 17.4 Å². The molecule has 0 saturated carbocycles. The summed E-state index contributed by atoms with van der Waals surface area (Å²) in [6.07, 6.45) is 0.528. The van der Waals surface area contributed by atoms with Gasteiger partial charge in [0.15, 0.2) is 0 Å². The molecular weight excluding hydrogens is 294 g/mol. The number of rotatable bonds is 4. The highest BCUT2D eigenvalue weighted by Gasteiger charge is 2.22. The molecule has 2 aromatic rings. The number of ether oxygens (including phenoxy) is 1. The second-order valence-corrected chi connectivity index (χ2v) is 5.55. The first-order valence-electron chi connectivity index (χ1n) is 7.37. The standard InChI is InChI=1S/C18H17NO4/c1-23-16-8-13(6-7-15(16)18(21)22)11-2-4-12(5-3-11)14-9-17(20)19-10-14/h2-8,14H,9-10H2,1H3,(H,19,20)(H,21,22). The van der Waals surface area contributed by atoms with E-state index < -0.39 is 5.97 Å². The van der Waals surface area contributed by atoms with Crippen molar-refractivity contribution in [2.75, 3.05) is 13.7 Å². The van der Waals surface area contributed by atoms with Gasteiger partial charge in [-0.3, -0.25) is 4.79 Å². The Labute approximate surface area is 133 Å². The maximum Gasteiger partial charge on any atom is 0.339 e. The summed E-state index contributed by atoms with van der Waals surface area (Å²) in [5, 5.41) is 12.0. The van der Waals surface area contributed by atoms with Crippen LogP contribution in [0.15, 0.2) is 42.5 Å². The molecule has 5 heteroatoms. The van der Waals surface area contributed by atoms with Gasteiger partial charge in [-0.05, 0) is 28.8 Å². The minimum Gasteiger partial charge on any atom is -0.496 e. The number of hydrogen-bond donors (Lipinski definition) is 2. The summed E-state index contributed by atoms with van der Waals surface area (Å²) in [5.41, 5.74) is 3.13. The number of carbonyl (C=O) groups excluding carboxylic acids is 1. The number of carboxylic acids is 1. The van der Waals surface area contributed by atoms with Crippen molar-refractivity contribution in [3.8, 4) is 16.9 Å². The lowest BCUT2D eigenvalue weighted by Crippen LogP contribution is -2.13. The molecule has 0 aromatic heterocycles. The molecule has 1 unspecified atom stereocenters. The summed E-state index contributed by atoms with van der Waals surface area (Å²) < 4.78 is 5.16. The molecule has 1 aliphatic heterocycles. The van der Waals surface area contributed by atoms with E-state index in [2.05, 4.69) is 5.32 Å². The van der Waals surface area contributed by atoms with Crippen LogP contribution < -0.4 is 10.1 Å². The average Bonchev–Trinajstić information content (AvgIpc) is 3.00. The fourth-order valence-electron chi connectivity index (χ4n) is 2.84. The largest absolute Gasteiger partial charge is 0.496 e. The summed E-state index contributed by atoms with van der Waals surface area (Å²) in [5.74, 6) is -0.361. The Morgan fingerprint density at radius 3 is 2.43 bits per heavy atom. The zero-order chi connectivity index (χ0) is 16.4. The van der Waals surface area contributed by atoms with Crippen LogP contribution in [0.3, 0.4) is 0 Å². The van der Waals surface area contributed by atoms with Crippen molar-refractivity contribution in [3.63, 3.8) is 0 Å². The normalized spacial score (nSPS) is 16.9. The van der Waals surface area contributed by atoms with E-state index in [4.69, 9.17) is 9.84 Å². The monoisotopic (exact) mass is 311 g/mol. The van der Waals surface area contributed by atoms with Crippen molar-refractivity contribution in [1.82, 2.24) is 5.32 Å². The van der Waals surface area contributed by atoms with Crippen LogP contribution in [-0.2, 0) is 4.79 Å². The highest BCUT2D eigenvalue weighted by molar-refractivity contribution is 5.92. The number of benzene rings is 2. The molecular formula is C18H17NO4. The molecule has 1 aliphatic rings. The molecule has 2 aromatic carbocycles. The van der Waals surface area contributed by atoms with Crippen molar-refractivity contribution in [2.45, 2.75) is 12.3 Å². The Morgan fingerprint density at radius 1 is 1.17 bits per heavy atom. The van der Waals surface area contributed by atoms with Crippen molar-refractivity contribution >= 4 is 11.9 Å². The SMILES string of the molecule is COc1cc(-c2ccc(C3CNC(=O)C3)cc2)ccc1C(=O)O. The third-order valence-corrected chi connectivity index (χ3v) is 4.12. The molecule has 0 spiro atoms. The van der Waals surface area contributed by atoms with E-state index in [1.54, 1.807) is 18.2 Å². The number of methoxy groups -OCH3 is 1. The molecule has 1 atom stereocenters. The third kappa shape index (κ3) is 3.04. The maximum atomic E-state index is 11.3. The fraction of sp³-hybridized carbons (Fsp3) is 0.222. The van der Waals surface area contributed by atoms with E-state index in [1.165, 1.54) is 7.11 Å². The number of carbonyl (C=O) groups is 2. The van der Waals surface area contributed by atoms with Crippen LogP contribution in [0.1, 0.15) is 28.3 Å². The first-order chi connectivity index (χ1) is 11.1. The summed E-state index contributed by atoms with van der Waals surface area (Å²) >= 11 is 0. The van der Waals surface area contributed by atoms with E-state index in [9.17, 15) is 9.59 Å². The Balaban J connectivity index is 1.87. The molecule has 23 heavy (non-hydrogen) atoms. The lowest BCUT2D eigenvalue weighted by atomic mass is 9.95. The van der Waals surface area contributed by atoms with Gasteiger partial charge in [-0.1, -0.05) is 30.3 Å². The number of hydrogen-bond acceptors (Lipinski definition) is 3. The van der Waals surface area contributed by atoms with Crippen LogP contribution in [0.4, 0.5) is 0 Å². The molecule has 5 nitrogen and oxygen atoms in total. The van der Waals surface area contributed by atoms with Crippen molar-refractivity contribution in [3.05, 3.63) is 53.6 Å². The van der Waals surface area contributed by atoms with E-state index >= 15 is 0 Å². The van der Waals surface area contributed by atoms with Gasteiger partial charge in [0.1, 0.15) is 11.3 Å². The van der Waals surface area contributed by atoms with Gasteiger partial charge in [0.05, 0.1) is 7.11 Å². The highest BCUT2D eigenvalue weighted by Crippen LogP contribution is 2.29. The van der Waals surface area contributed by atoms with Gasteiger partial charge >= 0.3 is 5.97 Å². The zero-order valence-electron chi connectivity index (χ0n) is 12.7. The van der Waals surface area contributed by atoms with Gasteiger partial charge in [0.2, 0.25) is 5.91 Å². The Bertz CT molecular complexity index is 752. The zero-order valence-corrected chi connectivity index (χ0v) is 12.7. The maximum absolute atomic E-state index is 11.3. The number of nitrogens with one attached hydrogen (secondary N) is 1. The molecule has 1 heterocycles. The number of carboxylic acid groups (broad SMARTS) is 1. The minimum atomic E-state index is -1.01. The molecule has 2 N–H and O–H groups in total. The van der Waals surface area contributed by atoms with E-state index in [0.717, 1.165) is 16.7 Å². The lowest BCUT2D eigenvalue weighted by molar-refractivity contribution is -0.119. The van der Waals surface area contributed by atoms with Crippen LogP contribution in [0.2, 0.25) is 0 Å². The van der Waals surface area contributed by atoms with Crippen LogP contribution in [0.5, 0.6) is 5.75 Å². The van der Waals surface area contributed by atoms with Gasteiger partial charge in [-0.2, -0.15) is 0 Å². The van der Waals surface area contributed by atoms with Gasteiger partial charge in [0, 0.05) is 18.9 Å². The topological polar surface area (TPSA) is 75.6 Å². The van der Waals surface area contributed by atoms with Crippen LogP contribution >= 0.6 is 0 Å². The Hall–Kier alpha value is -2.82. The van der Waals surface area contributed by atoms with Crippen LogP contribution in [0.25, 0.3) is 11.1 Å². The fourth-order valence-corrected chi connectivity index (χ4v) is 2.84. The Kier molecular flexibility index (Phi) is 4.02. The molecule has 1 fully saturated rings. The number of amides is 1. The van der Waals surface area contributed by atoms with Crippen molar-refractivity contribution in [2.24, 2.45) is 0 Å². The number of aromatic carboxylic acids is 1. The van der Waals surface area contributed by atoms with Gasteiger partial charge in [-0.25, -0.2) is 4.79 Å². The predicted molar refractivity (Wildman–Crippen MR) is 85.8 cm³/mol. The molecule has 1 saturated heterocycles. The summed E-state index contributed by atoms with van der Waals surface area (Å²) in [6.45, 7) is 0.680. The van der Waals surface area contributed by atoms with Gasteiger partial charge < -0.3 is 15.2 Å². The molecule has 0 aliphatic carbocycles. The smallest absolute Gasteiger partial charge is 0.339 e. The molecule has 0 radical (unpaired) electrons. The first kappa shape index (κ1) is 15.1. The minimum absolute atomic E-state index is 0.0908. The quantitative estimate of drug-likeness (QED) is 0.910. The second-order valence-electron chi connectivity index (χ2n) is 5.55. The predicted octanol–water partition coefficient (Wildman–Crippen LogP) is 2.66. The molecule has 118 valence electrons. The van der Waals surface area contributed by atoms with Crippen molar-refractivity contribution < 1.29 is 19.4 Å². The van der Waals surface area contributed by atoms with E-state index in [1.807, 2.05) is 24.3 Å². The highest BCUT2D eigenvalue weighted by atomic mass is 16.5.